The first kappa shape index (κ1) is 22.1. The van der Waals surface area contributed by atoms with E-state index in [1.54, 1.807) is 42.1 Å². The molecule has 9 heteroatoms. The molecule has 1 amide bonds. The molecule has 0 fully saturated rings. The summed E-state index contributed by atoms with van der Waals surface area (Å²) in [6.45, 7) is 0. The Morgan fingerprint density at radius 1 is 0.842 bits per heavy atom. The van der Waals surface area contributed by atoms with E-state index in [-0.39, 0.29) is 5.91 Å². The number of nitrogens with zero attached hydrogens (tertiary/aromatic N) is 4. The molecule has 0 aliphatic carbocycles. The standard InChI is InChI=1S/C29H19N7OS/c37-29(17-5-2-1-3-6-17)33-19-9-18(12-30-13-19)23-11-21-26(16-32-23)35-36-28(21)24-10-20-22(27-7-4-8-38-27)14-31-15-25(20)34-24/h1-16,34H,(H,33,37)(H,35,36). The minimum absolute atomic E-state index is 0.194. The maximum Gasteiger partial charge on any atom is 0.255 e. The maximum atomic E-state index is 12.6. The number of anilines is 1. The summed E-state index contributed by atoms with van der Waals surface area (Å²) in [4.78, 5) is 30.6. The predicted molar refractivity (Wildman–Crippen MR) is 150 cm³/mol. The van der Waals surface area contributed by atoms with Crippen LogP contribution in [0.5, 0.6) is 0 Å². The van der Waals surface area contributed by atoms with Crippen LogP contribution < -0.4 is 5.32 Å². The molecule has 8 nitrogen and oxygen atoms in total. The summed E-state index contributed by atoms with van der Waals surface area (Å²) in [6.07, 6.45) is 8.84. The highest BCUT2D eigenvalue weighted by Crippen LogP contribution is 2.35. The summed E-state index contributed by atoms with van der Waals surface area (Å²) in [6, 6.07) is 19.2. The van der Waals surface area contributed by atoms with Crippen molar-refractivity contribution in [3.05, 3.63) is 103 Å². The third-order valence-electron chi connectivity index (χ3n) is 6.36. The number of nitrogens with one attached hydrogen (secondary N) is 3. The Balaban J connectivity index is 1.25. The first-order valence-corrected chi connectivity index (χ1v) is 12.8. The van der Waals surface area contributed by atoms with Crippen LogP contribution >= 0.6 is 11.3 Å². The Labute approximate surface area is 220 Å². The molecule has 0 aliphatic rings. The monoisotopic (exact) mass is 513 g/mol. The lowest BCUT2D eigenvalue weighted by Gasteiger charge is -2.07. The molecule has 7 rings (SSSR count). The number of H-pyrrole nitrogens is 2. The van der Waals surface area contributed by atoms with Crippen molar-refractivity contribution in [2.45, 2.75) is 0 Å². The number of pyridine rings is 3. The van der Waals surface area contributed by atoms with Crippen molar-refractivity contribution in [2.24, 2.45) is 0 Å². The number of hydrogen-bond acceptors (Lipinski definition) is 6. The summed E-state index contributed by atoms with van der Waals surface area (Å²) >= 11 is 1.69. The quantitative estimate of drug-likeness (QED) is 0.242. The van der Waals surface area contributed by atoms with Gasteiger partial charge in [-0.25, -0.2) is 0 Å². The van der Waals surface area contributed by atoms with Crippen molar-refractivity contribution in [3.63, 3.8) is 0 Å². The van der Waals surface area contributed by atoms with Crippen molar-refractivity contribution in [1.82, 2.24) is 30.1 Å². The molecule has 0 radical (unpaired) electrons. The van der Waals surface area contributed by atoms with Gasteiger partial charge in [-0.1, -0.05) is 24.3 Å². The highest BCUT2D eigenvalue weighted by molar-refractivity contribution is 7.13. The number of hydrogen-bond donors (Lipinski definition) is 3. The van der Waals surface area contributed by atoms with E-state index in [9.17, 15) is 4.79 Å². The fourth-order valence-corrected chi connectivity index (χ4v) is 5.28. The van der Waals surface area contributed by atoms with E-state index < -0.39 is 0 Å². The second-order valence-electron chi connectivity index (χ2n) is 8.78. The zero-order valence-corrected chi connectivity index (χ0v) is 20.7. The molecule has 3 N–H and O–H groups in total. The zero-order chi connectivity index (χ0) is 25.5. The average Bonchev–Trinajstić information content (AvgIpc) is 3.73. The van der Waals surface area contributed by atoms with Gasteiger partial charge in [-0.15, -0.1) is 11.3 Å². The molecule has 0 saturated carbocycles. The number of benzene rings is 1. The minimum atomic E-state index is -0.194. The van der Waals surface area contributed by atoms with Crippen molar-refractivity contribution < 1.29 is 4.79 Å². The summed E-state index contributed by atoms with van der Waals surface area (Å²) in [5, 5.41) is 14.7. The number of rotatable bonds is 5. The lowest BCUT2D eigenvalue weighted by molar-refractivity contribution is 0.102. The van der Waals surface area contributed by atoms with E-state index in [1.807, 2.05) is 48.8 Å². The predicted octanol–water partition coefficient (Wildman–Crippen LogP) is 6.54. The van der Waals surface area contributed by atoms with Crippen LogP contribution in [-0.2, 0) is 0 Å². The van der Waals surface area contributed by atoms with Gasteiger partial charge in [0.05, 0.1) is 46.7 Å². The summed E-state index contributed by atoms with van der Waals surface area (Å²) in [7, 11) is 0. The van der Waals surface area contributed by atoms with Crippen molar-refractivity contribution in [2.75, 3.05) is 5.32 Å². The van der Waals surface area contributed by atoms with Gasteiger partial charge in [0, 0.05) is 44.7 Å². The number of amides is 1. The van der Waals surface area contributed by atoms with Gasteiger partial charge in [0.2, 0.25) is 0 Å². The van der Waals surface area contributed by atoms with E-state index in [2.05, 4.69) is 53.0 Å². The second kappa shape index (κ2) is 9.06. The normalized spacial score (nSPS) is 11.3. The smallest absolute Gasteiger partial charge is 0.255 e. The maximum absolute atomic E-state index is 12.6. The lowest BCUT2D eigenvalue weighted by Crippen LogP contribution is -2.11. The highest BCUT2D eigenvalue weighted by atomic mass is 32.1. The Kier molecular flexibility index (Phi) is 5.26. The lowest BCUT2D eigenvalue weighted by atomic mass is 10.1. The third-order valence-corrected chi connectivity index (χ3v) is 7.27. The van der Waals surface area contributed by atoms with Gasteiger partial charge in [0.1, 0.15) is 5.69 Å². The van der Waals surface area contributed by atoms with Crippen molar-refractivity contribution >= 4 is 44.7 Å². The van der Waals surface area contributed by atoms with E-state index in [0.717, 1.165) is 50.0 Å². The van der Waals surface area contributed by atoms with Crippen molar-refractivity contribution in [1.29, 1.82) is 0 Å². The molecule has 0 saturated heterocycles. The van der Waals surface area contributed by atoms with Gasteiger partial charge < -0.3 is 10.3 Å². The Hall–Kier alpha value is -5.15. The molecule has 0 atom stereocenters. The molecule has 0 aliphatic heterocycles. The van der Waals surface area contributed by atoms with E-state index in [0.29, 0.717) is 11.3 Å². The van der Waals surface area contributed by atoms with Crippen LogP contribution in [-0.4, -0.2) is 36.0 Å². The zero-order valence-electron chi connectivity index (χ0n) is 19.8. The largest absolute Gasteiger partial charge is 0.352 e. The molecule has 0 spiro atoms. The summed E-state index contributed by atoms with van der Waals surface area (Å²) in [5.74, 6) is -0.194. The number of carbonyl (C=O) groups is 1. The molecule has 6 heterocycles. The topological polar surface area (TPSA) is 112 Å². The minimum Gasteiger partial charge on any atom is -0.352 e. The third kappa shape index (κ3) is 3.91. The van der Waals surface area contributed by atoms with Gasteiger partial charge in [0.25, 0.3) is 5.91 Å². The van der Waals surface area contributed by atoms with Gasteiger partial charge in [-0.2, -0.15) is 5.10 Å². The molecular formula is C29H19N7OS. The fourth-order valence-electron chi connectivity index (χ4n) is 4.53. The molecule has 38 heavy (non-hydrogen) atoms. The molecule has 6 aromatic heterocycles. The average molecular weight is 514 g/mol. The molecule has 182 valence electrons. The Morgan fingerprint density at radius 3 is 2.61 bits per heavy atom. The van der Waals surface area contributed by atoms with Crippen LogP contribution in [0.15, 0.2) is 97.0 Å². The molecule has 7 aromatic rings. The van der Waals surface area contributed by atoms with Gasteiger partial charge in [0.15, 0.2) is 0 Å². The van der Waals surface area contributed by atoms with E-state index in [1.165, 1.54) is 4.88 Å². The summed E-state index contributed by atoms with van der Waals surface area (Å²) in [5.41, 5.74) is 7.21. The van der Waals surface area contributed by atoms with E-state index >= 15 is 0 Å². The van der Waals surface area contributed by atoms with Crippen LogP contribution in [0.1, 0.15) is 10.4 Å². The molecule has 0 bridgehead atoms. The van der Waals surface area contributed by atoms with E-state index in [4.69, 9.17) is 0 Å². The number of fused-ring (bicyclic) bond motifs is 2. The number of aromatic nitrogens is 6. The Bertz CT molecular complexity index is 1920. The molecular weight excluding hydrogens is 494 g/mol. The SMILES string of the molecule is O=C(Nc1cncc(-c2cc3c(-c4cc5c(-c6cccs6)cncc5[nH]4)n[nH]c3cn2)c1)c1ccccc1. The van der Waals surface area contributed by atoms with Gasteiger partial charge >= 0.3 is 0 Å². The van der Waals surface area contributed by atoms with Gasteiger partial charge in [-0.3, -0.25) is 24.8 Å². The van der Waals surface area contributed by atoms with Crippen LogP contribution in [0, 0.1) is 0 Å². The van der Waals surface area contributed by atoms with Crippen LogP contribution in [0.2, 0.25) is 0 Å². The number of thiophene rings is 1. The van der Waals surface area contributed by atoms with Crippen LogP contribution in [0.4, 0.5) is 5.69 Å². The fraction of sp³-hybridized carbons (Fsp3) is 0. The highest BCUT2D eigenvalue weighted by Gasteiger charge is 2.16. The molecule has 0 unspecified atom stereocenters. The first-order chi connectivity index (χ1) is 18.7. The van der Waals surface area contributed by atoms with Crippen LogP contribution in [0.25, 0.3) is 54.9 Å². The van der Waals surface area contributed by atoms with Crippen LogP contribution in [0.3, 0.4) is 0 Å². The first-order valence-electron chi connectivity index (χ1n) is 11.9. The number of carbonyl (C=O) groups excluding carboxylic acids is 1. The second-order valence-corrected chi connectivity index (χ2v) is 9.73. The Morgan fingerprint density at radius 2 is 1.74 bits per heavy atom. The molecule has 1 aromatic carbocycles. The van der Waals surface area contributed by atoms with Gasteiger partial charge in [-0.05, 0) is 41.8 Å². The summed E-state index contributed by atoms with van der Waals surface area (Å²) < 4.78 is 0. The van der Waals surface area contributed by atoms with Crippen molar-refractivity contribution in [3.8, 4) is 33.1 Å². The number of aromatic amines is 2.